The quantitative estimate of drug-likeness (QED) is 0.537. The Morgan fingerprint density at radius 2 is 1.97 bits per heavy atom. The van der Waals surface area contributed by atoms with Crippen molar-refractivity contribution in [3.8, 4) is 0 Å². The van der Waals surface area contributed by atoms with Crippen molar-refractivity contribution in [2.24, 2.45) is 0 Å². The van der Waals surface area contributed by atoms with Crippen molar-refractivity contribution in [2.45, 2.75) is 26.2 Å². The first kappa shape index (κ1) is 18.5. The maximum absolute atomic E-state index is 12.8. The van der Waals surface area contributed by atoms with Crippen molar-refractivity contribution < 1.29 is 9.32 Å². The summed E-state index contributed by atoms with van der Waals surface area (Å²) in [6, 6.07) is 10.8. The standard InChI is InChI=1S/C21H20N6O2/c1-21(2,3)17-10-18(29-27-17)26-20(28)15-5-4-8-23-19(15)25-14-6-7-16-13(9-14)11-22-12-24-16/h4-12H,1-3H3,(H,23,25)(H,26,28). The van der Waals surface area contributed by atoms with Crippen molar-refractivity contribution in [2.75, 3.05) is 10.6 Å². The van der Waals surface area contributed by atoms with E-state index in [1.165, 1.54) is 6.33 Å². The van der Waals surface area contributed by atoms with Crippen LogP contribution in [0.15, 0.2) is 59.6 Å². The zero-order valence-electron chi connectivity index (χ0n) is 16.3. The van der Waals surface area contributed by atoms with Gasteiger partial charge in [0.1, 0.15) is 12.1 Å². The topological polar surface area (TPSA) is 106 Å². The minimum atomic E-state index is -0.346. The average Bonchev–Trinajstić information content (AvgIpc) is 3.17. The molecule has 0 radical (unpaired) electrons. The Labute approximate surface area is 167 Å². The normalized spacial score (nSPS) is 11.4. The number of nitrogens with one attached hydrogen (secondary N) is 2. The molecule has 8 heteroatoms. The number of pyridine rings is 1. The maximum Gasteiger partial charge on any atom is 0.261 e. The Morgan fingerprint density at radius 3 is 2.76 bits per heavy atom. The SMILES string of the molecule is CC(C)(C)c1cc(NC(=O)c2cccnc2Nc2ccc3ncncc3c2)on1. The van der Waals surface area contributed by atoms with Crippen LogP contribution in [0.25, 0.3) is 10.9 Å². The second-order valence-corrected chi connectivity index (χ2v) is 7.60. The lowest BCUT2D eigenvalue weighted by Crippen LogP contribution is -2.14. The van der Waals surface area contributed by atoms with Crippen LogP contribution in [0.5, 0.6) is 0 Å². The first-order chi connectivity index (χ1) is 13.9. The van der Waals surface area contributed by atoms with Gasteiger partial charge in [-0.3, -0.25) is 10.1 Å². The highest BCUT2D eigenvalue weighted by molar-refractivity contribution is 6.07. The van der Waals surface area contributed by atoms with Gasteiger partial charge in [0, 0.05) is 34.9 Å². The molecule has 4 aromatic rings. The predicted molar refractivity (Wildman–Crippen MR) is 110 cm³/mol. The van der Waals surface area contributed by atoms with Gasteiger partial charge in [-0.05, 0) is 30.3 Å². The van der Waals surface area contributed by atoms with Gasteiger partial charge in [0.05, 0.1) is 16.8 Å². The fourth-order valence-corrected chi connectivity index (χ4v) is 2.75. The zero-order valence-corrected chi connectivity index (χ0v) is 16.3. The molecule has 0 unspecified atom stereocenters. The lowest BCUT2D eigenvalue weighted by Gasteiger charge is -2.12. The molecule has 2 N–H and O–H groups in total. The summed E-state index contributed by atoms with van der Waals surface area (Å²) < 4.78 is 5.25. The molecule has 1 aromatic carbocycles. The second-order valence-electron chi connectivity index (χ2n) is 7.60. The van der Waals surface area contributed by atoms with Crippen molar-refractivity contribution in [1.82, 2.24) is 20.1 Å². The van der Waals surface area contributed by atoms with E-state index in [2.05, 4.69) is 30.7 Å². The Kier molecular flexibility index (Phi) is 4.67. The van der Waals surface area contributed by atoms with E-state index in [-0.39, 0.29) is 17.2 Å². The summed E-state index contributed by atoms with van der Waals surface area (Å²) >= 11 is 0. The van der Waals surface area contributed by atoms with Crippen molar-refractivity contribution in [3.63, 3.8) is 0 Å². The fraction of sp³-hybridized carbons (Fsp3) is 0.190. The summed E-state index contributed by atoms with van der Waals surface area (Å²) in [7, 11) is 0. The van der Waals surface area contributed by atoms with Crippen LogP contribution in [0.2, 0.25) is 0 Å². The van der Waals surface area contributed by atoms with E-state index in [0.717, 1.165) is 22.3 Å². The highest BCUT2D eigenvalue weighted by Crippen LogP contribution is 2.25. The number of hydrogen-bond acceptors (Lipinski definition) is 7. The minimum Gasteiger partial charge on any atom is -0.340 e. The van der Waals surface area contributed by atoms with Gasteiger partial charge in [-0.25, -0.2) is 15.0 Å². The van der Waals surface area contributed by atoms with Gasteiger partial charge in [0.15, 0.2) is 0 Å². The van der Waals surface area contributed by atoms with Crippen molar-refractivity contribution in [1.29, 1.82) is 0 Å². The third-order valence-electron chi connectivity index (χ3n) is 4.34. The van der Waals surface area contributed by atoms with Gasteiger partial charge < -0.3 is 9.84 Å². The number of rotatable bonds is 4. The molecule has 0 atom stereocenters. The molecule has 8 nitrogen and oxygen atoms in total. The third kappa shape index (κ3) is 4.06. The number of nitrogens with zero attached hydrogens (tertiary/aromatic N) is 4. The highest BCUT2D eigenvalue weighted by atomic mass is 16.5. The van der Waals surface area contributed by atoms with Gasteiger partial charge in [-0.2, -0.15) is 0 Å². The zero-order chi connectivity index (χ0) is 20.4. The molecule has 0 aliphatic heterocycles. The van der Waals surface area contributed by atoms with E-state index in [4.69, 9.17) is 4.52 Å². The van der Waals surface area contributed by atoms with Crippen molar-refractivity contribution >= 4 is 34.2 Å². The summed E-state index contributed by atoms with van der Waals surface area (Å²) in [6.07, 6.45) is 4.86. The van der Waals surface area contributed by atoms with Gasteiger partial charge in [0.2, 0.25) is 5.88 Å². The summed E-state index contributed by atoms with van der Waals surface area (Å²) in [5, 5.41) is 10.8. The largest absolute Gasteiger partial charge is 0.340 e. The molecule has 4 rings (SSSR count). The Hall–Kier alpha value is -3.81. The summed E-state index contributed by atoms with van der Waals surface area (Å²) in [5.41, 5.74) is 2.58. The Morgan fingerprint density at radius 1 is 1.10 bits per heavy atom. The molecule has 0 saturated carbocycles. The molecule has 146 valence electrons. The first-order valence-corrected chi connectivity index (χ1v) is 9.10. The van der Waals surface area contributed by atoms with Gasteiger partial charge in [-0.1, -0.05) is 25.9 Å². The van der Waals surface area contributed by atoms with Crippen LogP contribution in [0.4, 0.5) is 17.4 Å². The van der Waals surface area contributed by atoms with E-state index < -0.39 is 0 Å². The molecule has 0 spiro atoms. The van der Waals surface area contributed by atoms with Gasteiger partial charge in [0.25, 0.3) is 5.91 Å². The van der Waals surface area contributed by atoms with E-state index in [0.29, 0.717) is 11.4 Å². The lowest BCUT2D eigenvalue weighted by molar-refractivity contribution is 0.102. The number of hydrogen-bond donors (Lipinski definition) is 2. The average molecular weight is 388 g/mol. The van der Waals surface area contributed by atoms with Crippen LogP contribution in [-0.2, 0) is 5.41 Å². The van der Waals surface area contributed by atoms with E-state index in [1.54, 1.807) is 30.6 Å². The lowest BCUT2D eigenvalue weighted by atomic mass is 9.92. The molecule has 3 heterocycles. The molecular weight excluding hydrogens is 368 g/mol. The molecular formula is C21H20N6O2. The first-order valence-electron chi connectivity index (χ1n) is 9.10. The molecule has 0 fully saturated rings. The second kappa shape index (κ2) is 7.31. The van der Waals surface area contributed by atoms with Crippen LogP contribution < -0.4 is 10.6 Å². The number of aromatic nitrogens is 4. The monoisotopic (exact) mass is 388 g/mol. The van der Waals surface area contributed by atoms with Crippen LogP contribution in [-0.4, -0.2) is 26.0 Å². The fourth-order valence-electron chi connectivity index (χ4n) is 2.75. The number of benzene rings is 1. The molecule has 0 saturated heterocycles. The van der Waals surface area contributed by atoms with Crippen molar-refractivity contribution in [3.05, 3.63) is 66.4 Å². The van der Waals surface area contributed by atoms with Crippen LogP contribution >= 0.6 is 0 Å². The van der Waals surface area contributed by atoms with E-state index in [9.17, 15) is 4.79 Å². The smallest absolute Gasteiger partial charge is 0.261 e. The van der Waals surface area contributed by atoms with E-state index >= 15 is 0 Å². The molecule has 29 heavy (non-hydrogen) atoms. The number of fused-ring (bicyclic) bond motifs is 1. The van der Waals surface area contributed by atoms with Crippen LogP contribution in [0, 0.1) is 0 Å². The van der Waals surface area contributed by atoms with E-state index in [1.807, 2.05) is 39.0 Å². The minimum absolute atomic E-state index is 0.173. The summed E-state index contributed by atoms with van der Waals surface area (Å²) in [4.78, 5) is 25.4. The predicted octanol–water partition coefficient (Wildman–Crippen LogP) is 4.31. The Balaban J connectivity index is 1.57. The summed E-state index contributed by atoms with van der Waals surface area (Å²) in [5.74, 6) is 0.371. The van der Waals surface area contributed by atoms with Gasteiger partial charge >= 0.3 is 0 Å². The number of carbonyl (C=O) groups excluding carboxylic acids is 1. The molecule has 0 aliphatic rings. The van der Waals surface area contributed by atoms with Crippen LogP contribution in [0.3, 0.4) is 0 Å². The molecule has 0 aliphatic carbocycles. The number of amides is 1. The molecule has 1 amide bonds. The number of carbonyl (C=O) groups is 1. The number of anilines is 3. The molecule has 0 bridgehead atoms. The maximum atomic E-state index is 12.8. The highest BCUT2D eigenvalue weighted by Gasteiger charge is 2.21. The molecule has 3 aromatic heterocycles. The van der Waals surface area contributed by atoms with Crippen LogP contribution in [0.1, 0.15) is 36.8 Å². The third-order valence-corrected chi connectivity index (χ3v) is 4.34. The van der Waals surface area contributed by atoms with Gasteiger partial charge in [-0.15, -0.1) is 0 Å². The summed E-state index contributed by atoms with van der Waals surface area (Å²) in [6.45, 7) is 6.07. The Bertz CT molecular complexity index is 1180.